The van der Waals surface area contributed by atoms with Crippen LogP contribution in [0.3, 0.4) is 0 Å². The number of fused-ring (bicyclic) bond motifs is 4. The fourth-order valence-corrected chi connectivity index (χ4v) is 5.76. The van der Waals surface area contributed by atoms with Gasteiger partial charge in [-0.3, -0.25) is 6.08 Å². The first-order chi connectivity index (χ1) is 19.0. The van der Waals surface area contributed by atoms with Crippen molar-refractivity contribution in [1.82, 2.24) is 0 Å². The zero-order chi connectivity index (χ0) is 27.2. The molecule has 0 saturated heterocycles. The van der Waals surface area contributed by atoms with E-state index in [0.29, 0.717) is 0 Å². The summed E-state index contributed by atoms with van der Waals surface area (Å²) in [5.74, 6) is 0. The van der Waals surface area contributed by atoms with Gasteiger partial charge in [-0.25, -0.2) is 6.08 Å². The van der Waals surface area contributed by atoms with Gasteiger partial charge in [-0.1, -0.05) is 53.1 Å². The molecule has 0 bridgehead atoms. The Hall–Kier alpha value is -2.96. The van der Waals surface area contributed by atoms with E-state index in [2.05, 4.69) is 154 Å². The number of halogens is 2. The number of hydrogen-bond donors (Lipinski definition) is 0. The van der Waals surface area contributed by atoms with E-state index in [1.54, 1.807) is 0 Å². The molecule has 204 valence electrons. The van der Waals surface area contributed by atoms with E-state index in [1.807, 2.05) is 0 Å². The Labute approximate surface area is 271 Å². The summed E-state index contributed by atoms with van der Waals surface area (Å²) in [7, 11) is 0. The molecule has 0 atom stereocenters. The molecule has 1 aliphatic rings. The van der Waals surface area contributed by atoms with Crippen molar-refractivity contribution in [1.29, 1.82) is 0 Å². The maximum absolute atomic E-state index is 3.19. The average Bonchev–Trinajstić information content (AvgIpc) is 3.57. The first-order valence-corrected chi connectivity index (χ1v) is 14.6. The van der Waals surface area contributed by atoms with Gasteiger partial charge in [-0.15, -0.1) is 57.8 Å². The van der Waals surface area contributed by atoms with Crippen LogP contribution in [0.15, 0.2) is 121 Å². The zero-order valence-electron chi connectivity index (χ0n) is 23.6. The van der Waals surface area contributed by atoms with E-state index in [0.717, 1.165) is 6.42 Å². The predicted octanol–water partition coefficient (Wildman–Crippen LogP) is 3.51. The van der Waals surface area contributed by atoms with Crippen molar-refractivity contribution < 1.29 is 49.0 Å². The Kier molecular flexibility index (Phi) is 12.2. The molecule has 1 aliphatic carbocycles. The second-order valence-corrected chi connectivity index (χ2v) is 11.4. The van der Waals surface area contributed by atoms with E-state index in [4.69, 9.17) is 0 Å². The molecule has 7 rings (SSSR count). The molecule has 0 heterocycles. The molecule has 6 aromatic carbocycles. The molecule has 0 unspecified atom stereocenters. The molecule has 0 aliphatic heterocycles. The van der Waals surface area contributed by atoms with E-state index in [-0.39, 0.29) is 24.8 Å². The monoisotopic (exact) mass is 648 g/mol. The Bertz CT molecular complexity index is 1670. The van der Waals surface area contributed by atoms with Gasteiger partial charge in [0.05, 0.1) is 0 Å². The van der Waals surface area contributed by atoms with Crippen molar-refractivity contribution >= 4 is 30.8 Å². The van der Waals surface area contributed by atoms with Crippen LogP contribution in [0.4, 0.5) is 0 Å². The van der Waals surface area contributed by atoms with Gasteiger partial charge in [0.15, 0.2) is 0 Å². The van der Waals surface area contributed by atoms with Crippen LogP contribution in [0, 0.1) is 26.8 Å². The molecule has 0 radical (unpaired) electrons. The molecule has 6 aromatic rings. The van der Waals surface area contributed by atoms with Crippen LogP contribution in [0.25, 0.3) is 27.6 Å². The minimum atomic E-state index is 0. The molecule has 0 spiro atoms. The van der Waals surface area contributed by atoms with Crippen LogP contribution in [0.2, 0.25) is 0 Å². The number of benzene rings is 5. The molecule has 0 aromatic heterocycles. The van der Waals surface area contributed by atoms with Crippen molar-refractivity contribution in [2.24, 2.45) is 0 Å². The van der Waals surface area contributed by atoms with Crippen LogP contribution in [-0.4, -0.2) is 3.21 Å². The van der Waals surface area contributed by atoms with E-state index in [1.165, 1.54) is 87.9 Å². The fourth-order valence-electron chi connectivity index (χ4n) is 4.94. The summed E-state index contributed by atoms with van der Waals surface area (Å²) >= 11 is 1.46. The summed E-state index contributed by atoms with van der Waals surface area (Å²) in [5, 5.41) is 5.46. The number of aryl methyl sites for hydroxylation is 3. The standard InChI is InChI=1S/C15H13.C13H10.C10H9.2ClH.Zr/c1-10-3-5-14-12(7-10)9-13-8-11(2)4-6-15(13)14;1-3-7-12(8-4-1)11-13-9-5-2-6-10-13;1-8-5-6-9-3-2-4-10(9)7-8;;;/h3-9H,1-2H3;1-10H;3,5-7H,4H2,1H3;2*1H;/q-1;;-1;;;+2/p-2. The summed E-state index contributed by atoms with van der Waals surface area (Å²) in [5.41, 5.74) is 9.42. The quantitative estimate of drug-likeness (QED) is 0.252. The number of rotatable bonds is 2. The van der Waals surface area contributed by atoms with E-state index < -0.39 is 0 Å². The maximum atomic E-state index is 3.19. The third-order valence-corrected chi connectivity index (χ3v) is 8.41. The van der Waals surface area contributed by atoms with Crippen LogP contribution >= 0.6 is 0 Å². The van der Waals surface area contributed by atoms with Crippen molar-refractivity contribution in [2.45, 2.75) is 27.2 Å². The molecular formula is C38H32Cl2Zr-2. The fraction of sp³-hybridized carbons (Fsp3) is 0.105. The molecule has 0 N–H and O–H groups in total. The van der Waals surface area contributed by atoms with Crippen LogP contribution < -0.4 is 24.8 Å². The SMILES string of the molecule is Cc1ccc2c(c1)C[C-]=C2.Cc1ccc2c(c1)[cH-]c1cc(C)ccc12.[Cl-].[Cl-].[Zr+2]=[C](c1ccccc1)c1ccccc1. The normalized spacial score (nSPS) is 10.9. The van der Waals surface area contributed by atoms with Gasteiger partial charge in [0.2, 0.25) is 0 Å². The summed E-state index contributed by atoms with van der Waals surface area (Å²) in [6, 6.07) is 43.2. The molecule has 41 heavy (non-hydrogen) atoms. The second-order valence-electron chi connectivity index (χ2n) is 10.2. The Morgan fingerprint density at radius 3 is 1.59 bits per heavy atom. The van der Waals surface area contributed by atoms with Gasteiger partial charge in [0.25, 0.3) is 0 Å². The van der Waals surface area contributed by atoms with Crippen molar-refractivity contribution in [3.8, 4) is 0 Å². The Morgan fingerprint density at radius 2 is 1.07 bits per heavy atom. The predicted molar refractivity (Wildman–Crippen MR) is 165 cm³/mol. The van der Waals surface area contributed by atoms with Crippen LogP contribution in [0.1, 0.15) is 38.9 Å². The Balaban J connectivity index is 0.000000168. The van der Waals surface area contributed by atoms with Crippen LogP contribution in [0.5, 0.6) is 0 Å². The molecule has 0 nitrogen and oxygen atoms in total. The van der Waals surface area contributed by atoms with Gasteiger partial charge in [0.1, 0.15) is 0 Å². The topological polar surface area (TPSA) is 0 Å². The molecular weight excluding hydrogens is 619 g/mol. The molecule has 0 amide bonds. The second kappa shape index (κ2) is 15.3. The Morgan fingerprint density at radius 1 is 0.610 bits per heavy atom. The zero-order valence-corrected chi connectivity index (χ0v) is 27.6. The number of allylic oxidation sites excluding steroid dienone is 1. The van der Waals surface area contributed by atoms with Crippen molar-refractivity contribution in [3.05, 3.63) is 166 Å². The summed E-state index contributed by atoms with van der Waals surface area (Å²) in [6.45, 7) is 6.41. The van der Waals surface area contributed by atoms with Gasteiger partial charge in [0, 0.05) is 0 Å². The number of hydrogen-bond acceptors (Lipinski definition) is 0. The average molecular weight is 651 g/mol. The van der Waals surface area contributed by atoms with E-state index in [9.17, 15) is 0 Å². The van der Waals surface area contributed by atoms with Crippen molar-refractivity contribution in [3.63, 3.8) is 0 Å². The summed E-state index contributed by atoms with van der Waals surface area (Å²) < 4.78 is 1.42. The van der Waals surface area contributed by atoms with E-state index >= 15 is 0 Å². The molecule has 0 saturated carbocycles. The third kappa shape index (κ3) is 8.30. The van der Waals surface area contributed by atoms with Gasteiger partial charge >= 0.3 is 99.2 Å². The van der Waals surface area contributed by atoms with Gasteiger partial charge < -0.3 is 24.8 Å². The van der Waals surface area contributed by atoms with Crippen LogP contribution in [-0.2, 0) is 30.7 Å². The third-order valence-electron chi connectivity index (χ3n) is 6.99. The van der Waals surface area contributed by atoms with Gasteiger partial charge in [-0.2, -0.15) is 5.56 Å². The summed E-state index contributed by atoms with van der Waals surface area (Å²) in [4.78, 5) is 0. The molecule has 3 heteroatoms. The summed E-state index contributed by atoms with van der Waals surface area (Å²) in [6.07, 6.45) is 6.25. The van der Waals surface area contributed by atoms with Crippen molar-refractivity contribution in [2.75, 3.05) is 0 Å². The minimum absolute atomic E-state index is 0. The first kappa shape index (κ1) is 32.6. The van der Waals surface area contributed by atoms with Gasteiger partial charge in [-0.05, 0) is 20.8 Å². The first-order valence-electron chi connectivity index (χ1n) is 13.4. The molecule has 0 fully saturated rings.